The highest BCUT2D eigenvalue weighted by molar-refractivity contribution is 5.92. The van der Waals surface area contributed by atoms with Gasteiger partial charge in [-0.05, 0) is 43.3 Å². The Kier molecular flexibility index (Phi) is 8.28. The number of piperidine rings is 1. The molecule has 4 aliphatic rings. The molecule has 3 unspecified atom stereocenters. The number of ether oxygens (including phenoxy) is 1. The van der Waals surface area contributed by atoms with Crippen LogP contribution in [-0.2, 0) is 14.4 Å². The second kappa shape index (κ2) is 11.0. The van der Waals surface area contributed by atoms with Crippen LogP contribution in [0, 0.1) is 17.3 Å². The Hall–Kier alpha value is -2.39. The highest BCUT2D eigenvalue weighted by Crippen LogP contribution is 2.50. The number of nitrogens with zero attached hydrogens (tertiary/aromatic N) is 2. The molecule has 1 N–H and O–H groups in total. The van der Waals surface area contributed by atoms with Gasteiger partial charge >= 0.3 is 12.3 Å². The lowest BCUT2D eigenvalue weighted by molar-refractivity contribution is -0.348. The van der Waals surface area contributed by atoms with Gasteiger partial charge < -0.3 is 9.94 Å². The highest BCUT2D eigenvalue weighted by atomic mass is 19.4. The second-order valence-corrected chi connectivity index (χ2v) is 11.7. The lowest BCUT2D eigenvalue weighted by Crippen LogP contribution is -2.47. The smallest absolute Gasteiger partial charge is 0.478 e. The quantitative estimate of drug-likeness (QED) is 0.272. The van der Waals surface area contributed by atoms with E-state index in [0.29, 0.717) is 18.5 Å². The van der Waals surface area contributed by atoms with E-state index in [1.54, 1.807) is 25.2 Å². The monoisotopic (exact) mass is 536 g/mol. The molecule has 9 heteroatoms. The zero-order chi connectivity index (χ0) is 27.7. The number of likely N-dealkylation sites (tertiary alicyclic amines) is 1. The van der Waals surface area contributed by atoms with Crippen molar-refractivity contribution in [3.63, 3.8) is 0 Å². The molecule has 2 aliphatic carbocycles. The van der Waals surface area contributed by atoms with Gasteiger partial charge in [-0.15, -0.1) is 13.2 Å². The fourth-order valence-corrected chi connectivity index (χ4v) is 6.07. The molecule has 0 aromatic rings. The lowest BCUT2D eigenvalue weighted by Gasteiger charge is -2.47. The van der Waals surface area contributed by atoms with Crippen molar-refractivity contribution in [3.05, 3.63) is 47.6 Å². The maximum Gasteiger partial charge on any atom is 0.523 e. The van der Waals surface area contributed by atoms with Crippen molar-refractivity contribution >= 4 is 11.7 Å². The zero-order valence-corrected chi connectivity index (χ0v) is 22.5. The number of carboxylic acids is 1. The summed E-state index contributed by atoms with van der Waals surface area (Å²) in [4.78, 5) is 19.7. The Morgan fingerprint density at radius 2 is 2.05 bits per heavy atom. The van der Waals surface area contributed by atoms with Crippen LogP contribution in [0.2, 0.25) is 0 Å². The molecule has 1 spiro atoms. The molecule has 0 bridgehead atoms. The summed E-state index contributed by atoms with van der Waals surface area (Å²) in [6, 6.07) is 0. The minimum atomic E-state index is -4.66. The van der Waals surface area contributed by atoms with Crippen molar-refractivity contribution in [2.75, 3.05) is 19.6 Å². The summed E-state index contributed by atoms with van der Waals surface area (Å²) in [5.74, 6) is -0.715. The SMILES string of the molecule is C=C(C)C(=CCC(C)C1=NOC2(CCN(CC3=CC(C)(C4CCC4)C(OC(F)(F)F)C=C3)CC2)C1)C(=O)O. The van der Waals surface area contributed by atoms with Crippen LogP contribution in [-0.4, -0.2) is 59.4 Å². The maximum absolute atomic E-state index is 13.1. The van der Waals surface area contributed by atoms with Gasteiger partial charge in [-0.1, -0.05) is 56.3 Å². The Labute approximate surface area is 222 Å². The van der Waals surface area contributed by atoms with Crippen LogP contribution in [0.15, 0.2) is 52.8 Å². The van der Waals surface area contributed by atoms with Crippen molar-refractivity contribution < 1.29 is 32.6 Å². The van der Waals surface area contributed by atoms with E-state index in [1.807, 2.05) is 19.9 Å². The van der Waals surface area contributed by atoms with E-state index in [0.717, 1.165) is 62.9 Å². The van der Waals surface area contributed by atoms with E-state index < -0.39 is 23.9 Å². The average molecular weight is 537 g/mol. The minimum absolute atomic E-state index is 0.0645. The summed E-state index contributed by atoms with van der Waals surface area (Å²) < 4.78 is 43.7. The maximum atomic E-state index is 13.1. The van der Waals surface area contributed by atoms with Gasteiger partial charge in [0.05, 0.1) is 17.4 Å². The average Bonchev–Trinajstić information content (AvgIpc) is 3.19. The molecule has 0 aromatic heterocycles. The van der Waals surface area contributed by atoms with Crippen LogP contribution in [0.25, 0.3) is 0 Å². The van der Waals surface area contributed by atoms with Crippen molar-refractivity contribution in [3.8, 4) is 0 Å². The molecule has 6 nitrogen and oxygen atoms in total. The van der Waals surface area contributed by atoms with Gasteiger partial charge in [0, 0.05) is 50.2 Å². The summed E-state index contributed by atoms with van der Waals surface area (Å²) >= 11 is 0. The first-order valence-electron chi connectivity index (χ1n) is 13.5. The fourth-order valence-electron chi connectivity index (χ4n) is 6.07. The van der Waals surface area contributed by atoms with Gasteiger partial charge in [0.2, 0.25) is 0 Å². The van der Waals surface area contributed by atoms with E-state index >= 15 is 0 Å². The number of oxime groups is 1. The largest absolute Gasteiger partial charge is 0.523 e. The van der Waals surface area contributed by atoms with Gasteiger partial charge in [0.1, 0.15) is 5.60 Å². The minimum Gasteiger partial charge on any atom is -0.478 e. The molecule has 2 aliphatic heterocycles. The summed E-state index contributed by atoms with van der Waals surface area (Å²) in [6.07, 6.45) is 7.26. The Bertz CT molecular complexity index is 1030. The third kappa shape index (κ3) is 6.42. The standard InChI is InChI=1S/C29H39F3N2O4/c1-19(2)23(26(35)36)10-8-20(3)24-17-28(38-33-24)12-14-34(15-13-28)18-21-9-11-25(37-29(30,31)32)27(4,16-21)22-6-5-7-22/h9-11,16,20,22,25H,1,5-8,12-15,17-18H2,2-4H3,(H,35,36). The van der Waals surface area contributed by atoms with Crippen molar-refractivity contribution in [2.24, 2.45) is 22.4 Å². The van der Waals surface area contributed by atoms with E-state index in [1.165, 1.54) is 0 Å². The predicted molar refractivity (Wildman–Crippen MR) is 139 cm³/mol. The second-order valence-electron chi connectivity index (χ2n) is 11.7. The number of hydrogen-bond acceptors (Lipinski definition) is 5. The van der Waals surface area contributed by atoms with E-state index in [9.17, 15) is 23.1 Å². The third-order valence-corrected chi connectivity index (χ3v) is 8.81. The first kappa shape index (κ1) is 28.6. The van der Waals surface area contributed by atoms with Crippen LogP contribution in [0.5, 0.6) is 0 Å². The molecule has 1 saturated heterocycles. The normalized spacial score (nSPS) is 28.9. The van der Waals surface area contributed by atoms with Gasteiger partial charge in [0.25, 0.3) is 0 Å². The van der Waals surface area contributed by atoms with Crippen molar-refractivity contribution in [1.29, 1.82) is 0 Å². The topological polar surface area (TPSA) is 71.4 Å². The Morgan fingerprint density at radius 1 is 1.37 bits per heavy atom. The highest BCUT2D eigenvalue weighted by Gasteiger charge is 2.48. The van der Waals surface area contributed by atoms with Crippen LogP contribution in [0.1, 0.15) is 65.7 Å². The summed E-state index contributed by atoms with van der Waals surface area (Å²) in [5.41, 5.74) is 1.74. The molecule has 0 radical (unpaired) electrons. The molecule has 2 fully saturated rings. The van der Waals surface area contributed by atoms with Crippen LogP contribution in [0.4, 0.5) is 13.2 Å². The fraction of sp³-hybridized carbons (Fsp3) is 0.655. The summed E-state index contributed by atoms with van der Waals surface area (Å²) in [6.45, 7) is 11.7. The van der Waals surface area contributed by atoms with Gasteiger partial charge in [-0.2, -0.15) is 0 Å². The first-order chi connectivity index (χ1) is 17.8. The van der Waals surface area contributed by atoms with Crippen LogP contribution < -0.4 is 0 Å². The molecule has 0 amide bonds. The molecule has 4 rings (SSSR count). The van der Waals surface area contributed by atoms with Crippen molar-refractivity contribution in [2.45, 2.75) is 83.8 Å². The number of aliphatic carboxylic acids is 1. The number of allylic oxidation sites excluding steroid dienone is 1. The third-order valence-electron chi connectivity index (χ3n) is 8.81. The molecule has 2 heterocycles. The van der Waals surface area contributed by atoms with E-state index in [4.69, 9.17) is 4.84 Å². The van der Waals surface area contributed by atoms with Gasteiger partial charge in [-0.3, -0.25) is 9.64 Å². The van der Waals surface area contributed by atoms with Crippen molar-refractivity contribution in [1.82, 2.24) is 4.90 Å². The predicted octanol–water partition coefficient (Wildman–Crippen LogP) is 6.42. The van der Waals surface area contributed by atoms with Crippen LogP contribution >= 0.6 is 0 Å². The number of carbonyl (C=O) groups is 1. The summed E-state index contributed by atoms with van der Waals surface area (Å²) in [5, 5.41) is 13.7. The Balaban J connectivity index is 1.32. The molecule has 1 saturated carbocycles. The van der Waals surface area contributed by atoms with E-state index in [2.05, 4.69) is 21.4 Å². The van der Waals surface area contributed by atoms with Gasteiger partial charge in [0.15, 0.2) is 0 Å². The molecule has 3 atom stereocenters. The number of rotatable bonds is 9. The number of hydrogen-bond donors (Lipinski definition) is 1. The number of carboxylic acid groups (broad SMARTS) is 1. The molecule has 0 aromatic carbocycles. The van der Waals surface area contributed by atoms with Gasteiger partial charge in [-0.25, -0.2) is 4.79 Å². The molecular weight excluding hydrogens is 497 g/mol. The Morgan fingerprint density at radius 3 is 2.61 bits per heavy atom. The zero-order valence-electron chi connectivity index (χ0n) is 22.5. The number of halogens is 3. The first-order valence-corrected chi connectivity index (χ1v) is 13.5. The van der Waals surface area contributed by atoms with Crippen LogP contribution in [0.3, 0.4) is 0 Å². The number of alkyl halides is 3. The molecular formula is C29H39F3N2O4. The summed E-state index contributed by atoms with van der Waals surface area (Å²) in [7, 11) is 0. The molecule has 210 valence electrons. The molecule has 38 heavy (non-hydrogen) atoms. The van der Waals surface area contributed by atoms with E-state index in [-0.39, 0.29) is 23.0 Å². The lowest BCUT2D eigenvalue weighted by atomic mass is 9.61.